The first-order valence-electron chi connectivity index (χ1n) is 18.6. The average molecular weight is 737 g/mol. The van der Waals surface area contributed by atoms with Crippen LogP contribution in [0.4, 0.5) is 0 Å². The molecule has 8 rings (SSSR count). The number of nitrogens with zero attached hydrogens (tertiary/aromatic N) is 3. The lowest BCUT2D eigenvalue weighted by Gasteiger charge is -2.39. The normalized spacial score (nSPS) is 18.4. The first kappa shape index (κ1) is 36.3. The molecular formula is C45H44N4O6. The summed E-state index contributed by atoms with van der Waals surface area (Å²) in [5, 5.41) is 12.7. The molecule has 3 heterocycles. The lowest BCUT2D eigenvalue weighted by Crippen LogP contribution is -2.41. The Bertz CT molecular complexity index is 2300. The van der Waals surface area contributed by atoms with Crippen molar-refractivity contribution in [2.75, 3.05) is 27.3 Å². The van der Waals surface area contributed by atoms with Gasteiger partial charge in [0.2, 0.25) is 0 Å². The van der Waals surface area contributed by atoms with Crippen molar-refractivity contribution in [2.24, 2.45) is 0 Å². The van der Waals surface area contributed by atoms with Crippen molar-refractivity contribution >= 4 is 16.9 Å². The molecule has 2 N–H and O–H groups in total. The van der Waals surface area contributed by atoms with Crippen molar-refractivity contribution in [3.05, 3.63) is 154 Å². The number of methoxy groups -OCH3 is 2. The third-order valence-corrected chi connectivity index (χ3v) is 10.4. The number of fused-ring (bicyclic) bond motifs is 2. The monoisotopic (exact) mass is 736 g/mol. The summed E-state index contributed by atoms with van der Waals surface area (Å²) in [6, 6.07) is 36.1. The molecule has 1 saturated heterocycles. The minimum atomic E-state index is -0.590. The van der Waals surface area contributed by atoms with Crippen molar-refractivity contribution in [1.29, 1.82) is 0 Å². The van der Waals surface area contributed by atoms with Gasteiger partial charge in [0.1, 0.15) is 5.69 Å². The molecule has 1 amide bonds. The van der Waals surface area contributed by atoms with Crippen LogP contribution in [0.1, 0.15) is 62.7 Å². The standard InChI is InChI=1S/C45H44N4O6/c1-52-42-21-34-17-18-49(26-36(34)22-43(42)53-2)27-37-23-41(31-15-13-29(28-50)14-16-31)55-45(54-37)35-10-6-9-33(20-35)32-8-5-7-30(19-32)24-47-44(51)40-25-46-38-11-3-4-12-39(38)48-40/h3-16,19-22,25,37,41,45,50H,17-18,23-24,26-28H2,1-2H3,(H,47,51)/t37-,41+,45+/m0/s1. The Kier molecular flexibility index (Phi) is 10.8. The molecule has 10 heteroatoms. The number of aliphatic hydroxyl groups is 1. The lowest BCUT2D eigenvalue weighted by atomic mass is 9.96. The molecule has 2 aliphatic rings. The molecule has 0 spiro atoms. The predicted octanol–water partition coefficient (Wildman–Crippen LogP) is 7.34. The van der Waals surface area contributed by atoms with Crippen LogP contribution in [0.5, 0.6) is 11.5 Å². The van der Waals surface area contributed by atoms with Gasteiger partial charge in [-0.2, -0.15) is 0 Å². The van der Waals surface area contributed by atoms with Gasteiger partial charge in [0.05, 0.1) is 50.3 Å². The van der Waals surface area contributed by atoms with Crippen LogP contribution in [-0.4, -0.2) is 59.3 Å². The predicted molar refractivity (Wildman–Crippen MR) is 210 cm³/mol. The van der Waals surface area contributed by atoms with E-state index in [9.17, 15) is 9.90 Å². The van der Waals surface area contributed by atoms with Gasteiger partial charge in [0.25, 0.3) is 5.91 Å². The highest BCUT2D eigenvalue weighted by Crippen LogP contribution is 2.40. The highest BCUT2D eigenvalue weighted by atomic mass is 16.7. The highest BCUT2D eigenvalue weighted by Gasteiger charge is 2.34. The van der Waals surface area contributed by atoms with E-state index in [2.05, 4.69) is 56.6 Å². The van der Waals surface area contributed by atoms with Gasteiger partial charge in [-0.05, 0) is 81.8 Å². The smallest absolute Gasteiger partial charge is 0.271 e. The van der Waals surface area contributed by atoms with Crippen molar-refractivity contribution in [3.8, 4) is 22.6 Å². The zero-order valence-corrected chi connectivity index (χ0v) is 31.0. The number of para-hydroxylation sites is 2. The molecule has 5 aromatic carbocycles. The summed E-state index contributed by atoms with van der Waals surface area (Å²) >= 11 is 0. The summed E-state index contributed by atoms with van der Waals surface area (Å²) in [4.78, 5) is 24.3. The molecule has 0 radical (unpaired) electrons. The number of amides is 1. The summed E-state index contributed by atoms with van der Waals surface area (Å²) < 4.78 is 24.7. The first-order chi connectivity index (χ1) is 27.0. The van der Waals surface area contributed by atoms with Gasteiger partial charge in [-0.15, -0.1) is 0 Å². The van der Waals surface area contributed by atoms with E-state index >= 15 is 0 Å². The third-order valence-electron chi connectivity index (χ3n) is 10.4. The van der Waals surface area contributed by atoms with Crippen LogP contribution in [0, 0.1) is 0 Å². The second kappa shape index (κ2) is 16.4. The van der Waals surface area contributed by atoms with E-state index in [1.807, 2.05) is 72.8 Å². The van der Waals surface area contributed by atoms with E-state index in [0.717, 1.165) is 76.5 Å². The largest absolute Gasteiger partial charge is 0.493 e. The van der Waals surface area contributed by atoms with E-state index in [4.69, 9.17) is 18.9 Å². The Morgan fingerprint density at radius 3 is 2.35 bits per heavy atom. The molecule has 0 bridgehead atoms. The third kappa shape index (κ3) is 8.23. The van der Waals surface area contributed by atoms with Crippen molar-refractivity contribution < 1.29 is 28.8 Å². The topological polar surface area (TPSA) is 115 Å². The Balaban J connectivity index is 0.993. The number of hydrogen-bond acceptors (Lipinski definition) is 9. The molecule has 0 unspecified atom stereocenters. The minimum Gasteiger partial charge on any atom is -0.493 e. The maximum atomic E-state index is 13.0. The SMILES string of the molecule is COc1cc2c(cc1OC)CN(C[C@@H]1C[C@H](c3ccc(CO)cc3)O[C@H](c3cccc(-c4cccc(CNC(=O)c5cnc6ccccc6n5)c4)c3)O1)CC2. The Morgan fingerprint density at radius 2 is 1.56 bits per heavy atom. The molecule has 280 valence electrons. The maximum absolute atomic E-state index is 13.0. The molecule has 55 heavy (non-hydrogen) atoms. The zero-order valence-electron chi connectivity index (χ0n) is 31.0. The second-order valence-corrected chi connectivity index (χ2v) is 14.1. The Labute approximate surface area is 320 Å². The zero-order chi connectivity index (χ0) is 37.7. The van der Waals surface area contributed by atoms with Gasteiger partial charge < -0.3 is 29.4 Å². The van der Waals surface area contributed by atoms with Crippen LogP contribution in [0.25, 0.3) is 22.2 Å². The number of nitrogens with one attached hydrogen (secondary N) is 1. The highest BCUT2D eigenvalue weighted by molar-refractivity contribution is 5.93. The fraction of sp³-hybridized carbons (Fsp3) is 0.267. The molecule has 3 atom stereocenters. The number of ether oxygens (including phenoxy) is 4. The van der Waals surface area contributed by atoms with E-state index < -0.39 is 6.29 Å². The average Bonchev–Trinajstić information content (AvgIpc) is 3.24. The van der Waals surface area contributed by atoms with E-state index in [0.29, 0.717) is 18.5 Å². The summed E-state index contributed by atoms with van der Waals surface area (Å²) in [6.07, 6.45) is 2.24. The molecule has 0 saturated carbocycles. The van der Waals surface area contributed by atoms with E-state index in [-0.39, 0.29) is 30.4 Å². The second-order valence-electron chi connectivity index (χ2n) is 14.1. The Morgan fingerprint density at radius 1 is 0.818 bits per heavy atom. The number of aromatic nitrogens is 2. The first-order valence-corrected chi connectivity index (χ1v) is 18.6. The van der Waals surface area contributed by atoms with Gasteiger partial charge in [-0.3, -0.25) is 14.7 Å². The molecule has 10 nitrogen and oxygen atoms in total. The van der Waals surface area contributed by atoms with Crippen LogP contribution in [-0.2, 0) is 35.6 Å². The number of rotatable bonds is 11. The van der Waals surface area contributed by atoms with Crippen molar-refractivity contribution in [2.45, 2.75) is 51.0 Å². The van der Waals surface area contributed by atoms with Crippen LogP contribution < -0.4 is 14.8 Å². The summed E-state index contributed by atoms with van der Waals surface area (Å²) in [5.41, 5.74) is 10.1. The van der Waals surface area contributed by atoms with Gasteiger partial charge in [-0.25, -0.2) is 4.98 Å². The van der Waals surface area contributed by atoms with Gasteiger partial charge >= 0.3 is 0 Å². The number of hydrogen-bond donors (Lipinski definition) is 2. The van der Waals surface area contributed by atoms with E-state index in [1.54, 1.807) is 14.2 Å². The number of aliphatic hydroxyl groups excluding tert-OH is 1. The quantitative estimate of drug-likeness (QED) is 0.141. The van der Waals surface area contributed by atoms with Crippen molar-refractivity contribution in [3.63, 3.8) is 0 Å². The Hall–Kier alpha value is -5.65. The summed E-state index contributed by atoms with van der Waals surface area (Å²) in [7, 11) is 3.34. The summed E-state index contributed by atoms with van der Waals surface area (Å²) in [6.45, 7) is 2.78. The van der Waals surface area contributed by atoms with Crippen LogP contribution in [0.2, 0.25) is 0 Å². The maximum Gasteiger partial charge on any atom is 0.271 e. The fourth-order valence-corrected chi connectivity index (χ4v) is 7.48. The van der Waals surface area contributed by atoms with Crippen LogP contribution >= 0.6 is 0 Å². The molecule has 0 aliphatic carbocycles. The van der Waals surface area contributed by atoms with Gasteiger partial charge in [-0.1, -0.05) is 72.8 Å². The van der Waals surface area contributed by atoms with Crippen LogP contribution in [0.15, 0.2) is 115 Å². The van der Waals surface area contributed by atoms with Crippen LogP contribution in [0.3, 0.4) is 0 Å². The molecule has 1 aromatic heterocycles. The van der Waals surface area contributed by atoms with Gasteiger partial charge in [0, 0.05) is 38.2 Å². The molecule has 1 fully saturated rings. The lowest BCUT2D eigenvalue weighted by molar-refractivity contribution is -0.253. The van der Waals surface area contributed by atoms with Gasteiger partial charge in [0.15, 0.2) is 17.8 Å². The molecule has 2 aliphatic heterocycles. The molecule has 6 aromatic rings. The fourth-order valence-electron chi connectivity index (χ4n) is 7.48. The summed E-state index contributed by atoms with van der Waals surface area (Å²) in [5.74, 6) is 1.22. The number of carbonyl (C=O) groups excluding carboxylic acids is 1. The number of carbonyl (C=O) groups is 1. The van der Waals surface area contributed by atoms with E-state index in [1.165, 1.54) is 17.3 Å². The van der Waals surface area contributed by atoms with Crippen molar-refractivity contribution in [1.82, 2.24) is 20.2 Å². The minimum absolute atomic E-state index is 0.00718. The molecular weight excluding hydrogens is 693 g/mol. The number of benzene rings is 5.